The van der Waals surface area contributed by atoms with Crippen LogP contribution in [0.2, 0.25) is 0 Å². The molecule has 0 N–H and O–H groups in total. The van der Waals surface area contributed by atoms with Crippen LogP contribution in [0.15, 0.2) is 0 Å². The van der Waals surface area contributed by atoms with Gasteiger partial charge in [0.25, 0.3) is 0 Å². The van der Waals surface area contributed by atoms with Crippen molar-refractivity contribution in [2.75, 3.05) is 0 Å². The van der Waals surface area contributed by atoms with E-state index in [1.165, 1.54) is 0 Å². The molecule has 0 saturated heterocycles. The molecule has 0 aromatic rings. The van der Waals surface area contributed by atoms with Crippen molar-refractivity contribution in [3.63, 3.8) is 0 Å². The molecule has 0 unspecified atom stereocenters. The average molecular weight is 132 g/mol. The Bertz CT molecular complexity index is 8.00. The van der Waals surface area contributed by atoms with Crippen molar-refractivity contribution in [3.8, 4) is 0 Å². The molecule has 0 aromatic carbocycles. The first-order valence-corrected chi connectivity index (χ1v) is 0. The fourth-order valence-electron chi connectivity index (χ4n) is 0. The van der Waals surface area contributed by atoms with Gasteiger partial charge in [-0.3, -0.25) is 0 Å². The van der Waals surface area contributed by atoms with Crippen LogP contribution in [-0.2, 0) is 17.1 Å². The Balaban J connectivity index is 0. The van der Waals surface area contributed by atoms with Crippen molar-refractivity contribution in [2.24, 2.45) is 0 Å². The molecule has 4 heavy (non-hydrogen) atoms. The topological polar surface area (TPSA) is 0 Å². The van der Waals surface area contributed by atoms with Crippen molar-refractivity contribution in [3.05, 3.63) is 7.43 Å². The summed E-state index contributed by atoms with van der Waals surface area (Å²) in [6, 6.07) is 0. The van der Waals surface area contributed by atoms with Crippen LogP contribution in [0.4, 0.5) is 0 Å². The van der Waals surface area contributed by atoms with Gasteiger partial charge in [-0.15, -0.1) is 0 Å². The Morgan fingerprint density at radius 2 is 1.00 bits per heavy atom. The molecular weight excluding hydrogens is 132 g/mol. The van der Waals surface area contributed by atoms with Gasteiger partial charge in [-0.05, 0) is 0 Å². The summed E-state index contributed by atoms with van der Waals surface area (Å²) >= 11 is 0. The second-order valence-electron chi connectivity index (χ2n) is 0. The molecule has 0 spiro atoms. The first kappa shape index (κ1) is 31.1. The van der Waals surface area contributed by atoms with Crippen LogP contribution in [0.3, 0.4) is 0 Å². The van der Waals surface area contributed by atoms with E-state index in [1.54, 1.807) is 0 Å². The van der Waals surface area contributed by atoms with Crippen molar-refractivity contribution >= 4 is 60.8 Å². The second kappa shape index (κ2) is 17.7. The molecule has 8 radical (unpaired) electrons. The molecule has 0 aliphatic heterocycles. The molecular formula is CCaFeMg. The third-order valence-electron chi connectivity index (χ3n) is 0. The molecule has 3 heteroatoms. The molecule has 0 fully saturated rings. The van der Waals surface area contributed by atoms with E-state index >= 15 is 0 Å². The Morgan fingerprint density at radius 1 is 1.00 bits per heavy atom. The number of rotatable bonds is 0. The second-order valence-corrected chi connectivity index (χ2v) is 0. The maximum Gasteiger partial charge on any atom is 0 e. The SMILES string of the molecule is [C].[Ca].[Fe].[Mg]. The molecule has 0 atom stereocenters. The van der Waals surface area contributed by atoms with Gasteiger partial charge in [0.05, 0.1) is 0 Å². The molecule has 0 nitrogen and oxygen atoms in total. The van der Waals surface area contributed by atoms with Gasteiger partial charge in [-0.2, -0.15) is 0 Å². The summed E-state index contributed by atoms with van der Waals surface area (Å²) in [4.78, 5) is 0. The predicted octanol–water partition coefficient (Wildman–Crippen LogP) is -0.683. The van der Waals surface area contributed by atoms with Crippen LogP contribution >= 0.6 is 0 Å². The minimum Gasteiger partial charge on any atom is 0 e. The first-order valence-electron chi connectivity index (χ1n) is 0. The summed E-state index contributed by atoms with van der Waals surface area (Å²) in [6.07, 6.45) is 0. The van der Waals surface area contributed by atoms with Crippen molar-refractivity contribution < 1.29 is 17.1 Å². The predicted molar refractivity (Wildman–Crippen MR) is 14.8 cm³/mol. The zero-order chi connectivity index (χ0) is 0. The van der Waals surface area contributed by atoms with Crippen LogP contribution < -0.4 is 0 Å². The van der Waals surface area contributed by atoms with E-state index in [9.17, 15) is 0 Å². The Morgan fingerprint density at radius 3 is 1.00 bits per heavy atom. The zero-order valence-electron chi connectivity index (χ0n) is 2.27. The Kier molecular flexibility index (Phi) is 137. The Hall–Kier alpha value is 2.55. The van der Waals surface area contributed by atoms with Crippen molar-refractivity contribution in [1.29, 1.82) is 0 Å². The van der Waals surface area contributed by atoms with E-state index < -0.39 is 0 Å². The van der Waals surface area contributed by atoms with E-state index in [2.05, 4.69) is 0 Å². The third-order valence-corrected chi connectivity index (χ3v) is 0. The summed E-state index contributed by atoms with van der Waals surface area (Å²) in [7, 11) is 0. The van der Waals surface area contributed by atoms with E-state index in [-0.39, 0.29) is 85.3 Å². The average Bonchev–Trinajstić information content (AvgIpc) is 0. The first-order chi connectivity index (χ1) is 0. The molecule has 0 rings (SSSR count). The summed E-state index contributed by atoms with van der Waals surface area (Å²) in [6.45, 7) is 0. The minimum absolute atomic E-state index is 0. The van der Waals surface area contributed by atoms with Gasteiger partial charge in [0.15, 0.2) is 0 Å². The van der Waals surface area contributed by atoms with Crippen LogP contribution in [0, 0.1) is 7.43 Å². The monoisotopic (exact) mass is 132 g/mol. The largest absolute Gasteiger partial charge is 0 e. The quantitative estimate of drug-likeness (QED) is 0.383. The van der Waals surface area contributed by atoms with Crippen molar-refractivity contribution in [2.45, 2.75) is 0 Å². The van der Waals surface area contributed by atoms with Crippen LogP contribution in [0.1, 0.15) is 0 Å². The van der Waals surface area contributed by atoms with Gasteiger partial charge in [0.1, 0.15) is 0 Å². The van der Waals surface area contributed by atoms with Gasteiger partial charge < -0.3 is 0 Å². The standard InChI is InChI=1S/C.Ca.Fe.Mg. The van der Waals surface area contributed by atoms with Gasteiger partial charge in [-0.25, -0.2) is 0 Å². The zero-order valence-corrected chi connectivity index (χ0v) is 6.99. The fourth-order valence-corrected chi connectivity index (χ4v) is 0. The summed E-state index contributed by atoms with van der Waals surface area (Å²) in [5.41, 5.74) is 0. The Labute approximate surface area is 83.7 Å². The molecule has 0 amide bonds. The maximum absolute atomic E-state index is 0. The summed E-state index contributed by atoms with van der Waals surface area (Å²) < 4.78 is 0. The van der Waals surface area contributed by atoms with Crippen LogP contribution in [0.25, 0.3) is 0 Å². The maximum atomic E-state index is 0. The normalized spacial score (nSPS) is 0. The smallest absolute Gasteiger partial charge is 0 e. The van der Waals surface area contributed by atoms with E-state index in [0.29, 0.717) is 0 Å². The number of hydrogen-bond donors (Lipinski definition) is 0. The fraction of sp³-hybridized carbons (Fsp3) is 0. The van der Waals surface area contributed by atoms with Crippen molar-refractivity contribution in [1.82, 2.24) is 0 Å². The van der Waals surface area contributed by atoms with E-state index in [1.807, 2.05) is 0 Å². The minimum atomic E-state index is 0. The molecule has 0 heterocycles. The number of hydrogen-bond acceptors (Lipinski definition) is 0. The molecule has 0 bridgehead atoms. The molecule has 16 valence electrons. The van der Waals surface area contributed by atoms with Gasteiger partial charge in [0, 0.05) is 85.3 Å². The van der Waals surface area contributed by atoms with Gasteiger partial charge in [0.2, 0.25) is 0 Å². The molecule has 0 aliphatic rings. The van der Waals surface area contributed by atoms with Gasteiger partial charge >= 0.3 is 0 Å². The summed E-state index contributed by atoms with van der Waals surface area (Å²) in [5, 5.41) is 0. The van der Waals surface area contributed by atoms with Gasteiger partial charge in [-0.1, -0.05) is 0 Å². The van der Waals surface area contributed by atoms with Crippen LogP contribution in [0.5, 0.6) is 0 Å². The molecule has 0 aliphatic carbocycles. The van der Waals surface area contributed by atoms with Crippen LogP contribution in [-0.4, -0.2) is 60.8 Å². The third kappa shape index (κ3) is 8.82. The molecule has 0 saturated carbocycles. The van der Waals surface area contributed by atoms with E-state index in [4.69, 9.17) is 0 Å². The molecule has 0 aromatic heterocycles. The summed E-state index contributed by atoms with van der Waals surface area (Å²) in [5.74, 6) is 0. The van der Waals surface area contributed by atoms with E-state index in [0.717, 1.165) is 0 Å².